The molecule has 47 heavy (non-hydrogen) atoms. The maximum atomic E-state index is 15.3. The van der Waals surface area contributed by atoms with Gasteiger partial charge in [-0.2, -0.15) is 4.39 Å². The molecule has 0 saturated heterocycles. The average Bonchev–Trinajstić information content (AvgIpc) is 3.72. The number of rotatable bonds is 10. The van der Waals surface area contributed by atoms with Crippen LogP contribution < -0.4 is 4.74 Å². The monoisotopic (exact) mass is 667 g/mol. The highest BCUT2D eigenvalue weighted by atomic mass is 32.2. The Bertz CT molecular complexity index is 2120. The zero-order chi connectivity index (χ0) is 33.7. The number of esters is 1. The van der Waals surface area contributed by atoms with Gasteiger partial charge in [-0.15, -0.1) is 0 Å². The van der Waals surface area contributed by atoms with Gasteiger partial charge in [0, 0.05) is 48.7 Å². The van der Waals surface area contributed by atoms with E-state index in [1.807, 2.05) is 31.2 Å². The molecule has 13 heteroatoms. The fourth-order valence-electron chi connectivity index (χ4n) is 6.49. The molecular weight excluding hydrogens is 635 g/mol. The van der Waals surface area contributed by atoms with Crippen LogP contribution in [0, 0.1) is 17.5 Å². The summed E-state index contributed by atoms with van der Waals surface area (Å²) < 4.78 is 87.0. The van der Waals surface area contributed by atoms with Gasteiger partial charge >= 0.3 is 5.97 Å². The molecule has 1 aliphatic rings. The summed E-state index contributed by atoms with van der Waals surface area (Å²) in [6, 6.07) is 12.7. The first-order valence-electron chi connectivity index (χ1n) is 14.7. The Balaban J connectivity index is 1.37. The van der Waals surface area contributed by atoms with Gasteiger partial charge in [-0.1, -0.05) is 24.3 Å². The molecule has 0 amide bonds. The number of ether oxygens (including phenoxy) is 3. The molecule has 2 aromatic heterocycles. The van der Waals surface area contributed by atoms with Crippen molar-refractivity contribution in [2.45, 2.75) is 48.5 Å². The first kappa shape index (κ1) is 32.3. The minimum Gasteiger partial charge on any atom is -0.469 e. The smallest absolute Gasteiger partial charge is 0.305 e. The van der Waals surface area contributed by atoms with Crippen LogP contribution in [0.1, 0.15) is 43.0 Å². The highest BCUT2D eigenvalue weighted by Crippen LogP contribution is 2.55. The van der Waals surface area contributed by atoms with Gasteiger partial charge < -0.3 is 24.2 Å². The van der Waals surface area contributed by atoms with Crippen LogP contribution in [0.2, 0.25) is 0 Å². The Labute approximate surface area is 269 Å². The molecule has 6 rings (SSSR count). The summed E-state index contributed by atoms with van der Waals surface area (Å²) in [6.45, 7) is 2.00. The van der Waals surface area contributed by atoms with Crippen molar-refractivity contribution in [1.82, 2.24) is 15.0 Å². The number of sulfone groups is 1. The van der Waals surface area contributed by atoms with Gasteiger partial charge in [-0.05, 0) is 61.6 Å². The number of nitrogens with one attached hydrogen (secondary N) is 2. The van der Waals surface area contributed by atoms with Crippen LogP contribution in [0.25, 0.3) is 22.3 Å². The Morgan fingerprint density at radius 3 is 2.51 bits per heavy atom. The van der Waals surface area contributed by atoms with Gasteiger partial charge in [0.15, 0.2) is 21.4 Å². The minimum absolute atomic E-state index is 0.0333. The molecule has 0 bridgehead atoms. The molecule has 0 aliphatic heterocycles. The molecule has 9 nitrogen and oxygen atoms in total. The number of aryl methyl sites for hydroxylation is 1. The summed E-state index contributed by atoms with van der Waals surface area (Å²) in [5, 5.41) is -0.0809. The molecule has 3 aromatic carbocycles. The van der Waals surface area contributed by atoms with Gasteiger partial charge in [-0.25, -0.2) is 22.2 Å². The number of benzene rings is 3. The quantitative estimate of drug-likeness (QED) is 0.125. The second kappa shape index (κ2) is 11.9. The molecule has 1 aliphatic carbocycles. The fourth-order valence-corrected chi connectivity index (χ4v) is 7.53. The maximum Gasteiger partial charge on any atom is 0.305 e. The van der Waals surface area contributed by atoms with E-state index in [1.54, 1.807) is 13.3 Å². The van der Waals surface area contributed by atoms with Crippen LogP contribution in [-0.2, 0) is 35.9 Å². The normalized spacial score (nSPS) is 19.5. The van der Waals surface area contributed by atoms with Crippen molar-refractivity contribution >= 4 is 26.7 Å². The standard InChI is InChI=1S/C34H32F3N3O6S/c1-33(45-3)17-34(18-33,20-7-5-6-19(14-20)8-11-26(41)44-2)25-16-39-32(40-25)23-15-21(9-10-24(23)35)46-30-28(37)27(36)29-22(12-13-38-29)31(30)47(4,42)43/h5-7,9-10,12-16,38H,8,11,17-18H2,1-4H3,(H,39,40). The van der Waals surface area contributed by atoms with Crippen molar-refractivity contribution in [3.63, 3.8) is 0 Å². The van der Waals surface area contributed by atoms with Crippen molar-refractivity contribution in [2.75, 3.05) is 20.5 Å². The predicted octanol–water partition coefficient (Wildman–Crippen LogP) is 6.76. The average molecular weight is 668 g/mol. The summed E-state index contributed by atoms with van der Waals surface area (Å²) in [4.78, 5) is 21.4. The number of methoxy groups -OCH3 is 2. The number of carbonyl (C=O) groups excluding carboxylic acids is 1. The summed E-state index contributed by atoms with van der Waals surface area (Å²) in [5.74, 6) is -4.63. The van der Waals surface area contributed by atoms with Gasteiger partial charge in [0.25, 0.3) is 0 Å². The van der Waals surface area contributed by atoms with Crippen LogP contribution >= 0.6 is 0 Å². The number of fused-ring (bicyclic) bond motifs is 1. The van der Waals surface area contributed by atoms with Crippen LogP contribution in [0.15, 0.2) is 65.8 Å². The maximum absolute atomic E-state index is 15.3. The highest BCUT2D eigenvalue weighted by molar-refractivity contribution is 7.91. The number of hydrogen-bond donors (Lipinski definition) is 2. The molecule has 2 N–H and O–H groups in total. The summed E-state index contributed by atoms with van der Waals surface area (Å²) in [5.41, 5.74) is 1.26. The van der Waals surface area contributed by atoms with E-state index in [9.17, 15) is 17.6 Å². The molecule has 246 valence electrons. The Kier molecular flexibility index (Phi) is 8.17. The second-order valence-electron chi connectivity index (χ2n) is 12.1. The third-order valence-electron chi connectivity index (χ3n) is 8.85. The Morgan fingerprint density at radius 2 is 1.81 bits per heavy atom. The van der Waals surface area contributed by atoms with E-state index in [0.717, 1.165) is 23.4 Å². The summed E-state index contributed by atoms with van der Waals surface area (Å²) in [6.07, 6.45) is 5.67. The molecule has 5 aromatic rings. The molecular formula is C34H32F3N3O6S. The topological polar surface area (TPSA) is 123 Å². The largest absolute Gasteiger partial charge is 0.469 e. The van der Waals surface area contributed by atoms with E-state index >= 15 is 8.78 Å². The predicted molar refractivity (Wildman–Crippen MR) is 168 cm³/mol. The zero-order valence-electron chi connectivity index (χ0n) is 26.0. The van der Waals surface area contributed by atoms with Gasteiger partial charge in [0.05, 0.1) is 23.8 Å². The number of hydrogen-bond acceptors (Lipinski definition) is 7. The lowest BCUT2D eigenvalue weighted by Gasteiger charge is -2.53. The van der Waals surface area contributed by atoms with Crippen molar-refractivity contribution in [3.05, 3.63) is 95.2 Å². The Hall–Kier alpha value is -4.62. The lowest BCUT2D eigenvalue weighted by atomic mass is 9.55. The van der Waals surface area contributed by atoms with Crippen LogP contribution in [-0.4, -0.2) is 55.4 Å². The minimum atomic E-state index is -4.10. The van der Waals surface area contributed by atoms with E-state index < -0.39 is 48.9 Å². The fraction of sp³-hybridized carbons (Fsp3) is 0.294. The van der Waals surface area contributed by atoms with Crippen LogP contribution in [0.4, 0.5) is 13.2 Å². The van der Waals surface area contributed by atoms with Crippen molar-refractivity contribution < 1.29 is 40.6 Å². The van der Waals surface area contributed by atoms with E-state index in [-0.39, 0.29) is 40.4 Å². The van der Waals surface area contributed by atoms with Gasteiger partial charge in [0.1, 0.15) is 22.3 Å². The third kappa shape index (κ3) is 5.78. The molecule has 0 spiro atoms. The van der Waals surface area contributed by atoms with Gasteiger partial charge in [-0.3, -0.25) is 4.79 Å². The van der Waals surface area contributed by atoms with Crippen LogP contribution in [0.5, 0.6) is 11.5 Å². The van der Waals surface area contributed by atoms with Crippen molar-refractivity contribution in [2.24, 2.45) is 0 Å². The summed E-state index contributed by atoms with van der Waals surface area (Å²) in [7, 11) is -1.10. The zero-order valence-corrected chi connectivity index (χ0v) is 26.9. The first-order valence-corrected chi connectivity index (χ1v) is 16.6. The van der Waals surface area contributed by atoms with E-state index in [1.165, 1.54) is 31.5 Å². The Morgan fingerprint density at radius 1 is 1.04 bits per heavy atom. The number of imidazole rings is 1. The molecule has 2 heterocycles. The third-order valence-corrected chi connectivity index (χ3v) is 10.0. The van der Waals surface area contributed by atoms with E-state index in [4.69, 9.17) is 14.2 Å². The lowest BCUT2D eigenvalue weighted by Crippen LogP contribution is -2.54. The SMILES string of the molecule is COC(=O)CCc1cccc(C2(c3cnc(-c4cc(Oc5c(F)c(F)c6[nH]ccc6c5S(C)(=O)=O)ccc4F)[nH]3)CC(C)(OC)C2)c1. The molecule has 0 atom stereocenters. The second-order valence-corrected chi connectivity index (χ2v) is 14.0. The lowest BCUT2D eigenvalue weighted by molar-refractivity contribution is -0.140. The van der Waals surface area contributed by atoms with Crippen molar-refractivity contribution in [3.8, 4) is 22.9 Å². The number of carbonyl (C=O) groups is 1. The van der Waals surface area contributed by atoms with Crippen molar-refractivity contribution in [1.29, 1.82) is 0 Å². The molecule has 1 fully saturated rings. The highest BCUT2D eigenvalue weighted by Gasteiger charge is 2.55. The van der Waals surface area contributed by atoms with Crippen LogP contribution in [0.3, 0.4) is 0 Å². The van der Waals surface area contributed by atoms with Gasteiger partial charge in [0.2, 0.25) is 5.82 Å². The number of aromatic nitrogens is 3. The summed E-state index contributed by atoms with van der Waals surface area (Å²) >= 11 is 0. The molecule has 0 unspecified atom stereocenters. The number of aromatic amines is 2. The number of H-pyrrole nitrogens is 2. The first-order chi connectivity index (χ1) is 22.3. The van der Waals surface area contributed by atoms with E-state index in [2.05, 4.69) is 15.0 Å². The number of nitrogens with zero attached hydrogens (tertiary/aromatic N) is 1. The number of halogens is 3. The molecule has 0 radical (unpaired) electrons. The van der Waals surface area contributed by atoms with E-state index in [0.29, 0.717) is 25.0 Å². The molecule has 1 saturated carbocycles.